The van der Waals surface area contributed by atoms with Crippen molar-refractivity contribution in [1.82, 2.24) is 15.1 Å². The van der Waals surface area contributed by atoms with E-state index in [4.69, 9.17) is 4.74 Å². The molecule has 138 valence electrons. The van der Waals surface area contributed by atoms with Crippen LogP contribution in [-0.4, -0.2) is 75.3 Å². The van der Waals surface area contributed by atoms with Gasteiger partial charge in [-0.05, 0) is 18.9 Å². The highest BCUT2D eigenvalue weighted by Crippen LogP contribution is 2.05. The van der Waals surface area contributed by atoms with Crippen molar-refractivity contribution < 1.29 is 4.74 Å². The molecule has 0 saturated carbocycles. The highest BCUT2D eigenvalue weighted by Gasteiger charge is 2.18. The quantitative estimate of drug-likeness (QED) is 0.446. The van der Waals surface area contributed by atoms with Crippen LogP contribution in [0, 0.1) is 0 Å². The minimum atomic E-state index is 0.787. The third-order valence-electron chi connectivity index (χ3n) is 4.31. The van der Waals surface area contributed by atoms with Crippen LogP contribution < -0.4 is 5.32 Å². The first-order valence-electron chi connectivity index (χ1n) is 9.30. The normalized spacial score (nSPS) is 16.6. The average Bonchev–Trinajstić information content (AvgIpc) is 2.66. The molecule has 25 heavy (non-hydrogen) atoms. The Bertz CT molecular complexity index is 522. The van der Waals surface area contributed by atoms with Crippen LogP contribution in [0.4, 0.5) is 0 Å². The van der Waals surface area contributed by atoms with E-state index in [1.54, 1.807) is 0 Å². The molecule has 0 atom stereocenters. The van der Waals surface area contributed by atoms with Crippen molar-refractivity contribution in [3.05, 3.63) is 42.0 Å². The van der Waals surface area contributed by atoms with Crippen LogP contribution in [0.5, 0.6) is 0 Å². The number of hydrogen-bond donors (Lipinski definition) is 1. The number of aliphatic imine (C=N–C) groups is 1. The van der Waals surface area contributed by atoms with Crippen LogP contribution in [0.2, 0.25) is 0 Å². The molecule has 0 unspecified atom stereocenters. The van der Waals surface area contributed by atoms with Crippen molar-refractivity contribution in [1.29, 1.82) is 0 Å². The molecular weight excluding hydrogens is 312 g/mol. The number of piperazine rings is 1. The van der Waals surface area contributed by atoms with Gasteiger partial charge in [-0.15, -0.1) is 0 Å². The molecule has 2 rings (SSSR count). The third-order valence-corrected chi connectivity index (χ3v) is 4.31. The second kappa shape index (κ2) is 11.7. The Balaban J connectivity index is 1.66. The molecule has 1 aliphatic rings. The highest BCUT2D eigenvalue weighted by atomic mass is 16.5. The number of benzene rings is 1. The number of nitrogens with one attached hydrogen (secondary N) is 1. The number of guanidine groups is 1. The fraction of sp³-hybridized carbons (Fsp3) is 0.550. The first-order valence-corrected chi connectivity index (χ1v) is 9.30. The lowest BCUT2D eigenvalue weighted by Crippen LogP contribution is -2.52. The molecule has 5 nitrogen and oxygen atoms in total. The van der Waals surface area contributed by atoms with E-state index < -0.39 is 0 Å². The van der Waals surface area contributed by atoms with E-state index >= 15 is 0 Å². The topological polar surface area (TPSA) is 40.1 Å². The molecular formula is C20H32N4O. The Hall–Kier alpha value is -1.85. The van der Waals surface area contributed by atoms with Crippen LogP contribution in [0.3, 0.4) is 0 Å². The Morgan fingerprint density at radius 1 is 1.20 bits per heavy atom. The van der Waals surface area contributed by atoms with E-state index in [1.165, 1.54) is 5.56 Å². The van der Waals surface area contributed by atoms with Gasteiger partial charge in [0.15, 0.2) is 5.96 Å². The summed E-state index contributed by atoms with van der Waals surface area (Å²) >= 11 is 0. The Kier molecular flexibility index (Phi) is 9.08. The van der Waals surface area contributed by atoms with E-state index in [0.717, 1.165) is 64.9 Å². The zero-order valence-corrected chi connectivity index (χ0v) is 15.7. The van der Waals surface area contributed by atoms with Gasteiger partial charge in [0.1, 0.15) is 0 Å². The summed E-state index contributed by atoms with van der Waals surface area (Å²) in [4.78, 5) is 9.24. The van der Waals surface area contributed by atoms with Gasteiger partial charge >= 0.3 is 0 Å². The fourth-order valence-corrected chi connectivity index (χ4v) is 2.90. The summed E-state index contributed by atoms with van der Waals surface area (Å²) in [5, 5.41) is 3.44. The summed E-state index contributed by atoms with van der Waals surface area (Å²) < 4.78 is 5.37. The van der Waals surface area contributed by atoms with Crippen LogP contribution in [0.15, 0.2) is 41.4 Å². The molecule has 1 fully saturated rings. The smallest absolute Gasteiger partial charge is 0.193 e. The molecule has 0 amide bonds. The number of nitrogens with zero attached hydrogens (tertiary/aromatic N) is 3. The minimum Gasteiger partial charge on any atom is -0.382 e. The first-order chi connectivity index (χ1) is 12.3. The van der Waals surface area contributed by atoms with Gasteiger partial charge in [-0.3, -0.25) is 9.89 Å². The summed E-state index contributed by atoms with van der Waals surface area (Å²) in [7, 11) is 1.86. The molecule has 0 aliphatic carbocycles. The molecule has 0 aromatic heterocycles. The molecule has 1 heterocycles. The van der Waals surface area contributed by atoms with Gasteiger partial charge < -0.3 is 15.0 Å². The molecule has 0 spiro atoms. The minimum absolute atomic E-state index is 0.787. The number of ether oxygens (including phenoxy) is 1. The monoisotopic (exact) mass is 344 g/mol. The van der Waals surface area contributed by atoms with E-state index in [1.807, 2.05) is 20.0 Å². The molecule has 1 aliphatic heterocycles. The van der Waals surface area contributed by atoms with Crippen LogP contribution in [0.1, 0.15) is 18.9 Å². The van der Waals surface area contributed by atoms with Gasteiger partial charge in [-0.25, -0.2) is 0 Å². The summed E-state index contributed by atoms with van der Waals surface area (Å²) in [5.74, 6) is 1.01. The first kappa shape index (κ1) is 19.5. The molecule has 1 aromatic rings. The predicted octanol–water partition coefficient (Wildman–Crippen LogP) is 2.32. The summed E-state index contributed by atoms with van der Waals surface area (Å²) in [6.07, 6.45) is 5.47. The molecule has 5 heteroatoms. The predicted molar refractivity (Wildman–Crippen MR) is 106 cm³/mol. The van der Waals surface area contributed by atoms with Crippen LogP contribution >= 0.6 is 0 Å². The molecule has 0 bridgehead atoms. The lowest BCUT2D eigenvalue weighted by molar-refractivity contribution is 0.145. The maximum Gasteiger partial charge on any atom is 0.193 e. The summed E-state index contributed by atoms with van der Waals surface area (Å²) in [6, 6.07) is 10.5. The Morgan fingerprint density at radius 2 is 1.96 bits per heavy atom. The SMILES string of the molecule is CCOCCCNC(=NC)N1CCN(C/C=C/c2ccccc2)CC1. The fourth-order valence-electron chi connectivity index (χ4n) is 2.90. The van der Waals surface area contributed by atoms with Crippen LogP contribution in [0.25, 0.3) is 6.08 Å². The third kappa shape index (κ3) is 7.28. The standard InChI is InChI=1S/C20H32N4O/c1-3-25-18-8-12-22-20(21-2)24-16-14-23(15-17-24)13-7-11-19-9-5-4-6-10-19/h4-7,9-11H,3,8,12-18H2,1-2H3,(H,21,22)/b11-7+. The zero-order valence-electron chi connectivity index (χ0n) is 15.7. The van der Waals surface area contributed by atoms with Gasteiger partial charge in [0.25, 0.3) is 0 Å². The lowest BCUT2D eigenvalue weighted by atomic mass is 10.2. The van der Waals surface area contributed by atoms with Gasteiger partial charge in [0, 0.05) is 59.5 Å². The molecule has 1 saturated heterocycles. The molecule has 0 radical (unpaired) electrons. The van der Waals surface area contributed by atoms with E-state index in [2.05, 4.69) is 56.5 Å². The van der Waals surface area contributed by atoms with Gasteiger partial charge in [0.05, 0.1) is 0 Å². The van der Waals surface area contributed by atoms with E-state index in [0.29, 0.717) is 0 Å². The summed E-state index contributed by atoms with van der Waals surface area (Å²) in [6.45, 7) is 9.71. The Morgan fingerprint density at radius 3 is 2.64 bits per heavy atom. The number of hydrogen-bond acceptors (Lipinski definition) is 3. The largest absolute Gasteiger partial charge is 0.382 e. The van der Waals surface area contributed by atoms with E-state index in [-0.39, 0.29) is 0 Å². The van der Waals surface area contributed by atoms with Crippen molar-refractivity contribution in [2.45, 2.75) is 13.3 Å². The van der Waals surface area contributed by atoms with Crippen molar-refractivity contribution in [2.75, 3.05) is 59.5 Å². The van der Waals surface area contributed by atoms with Gasteiger partial charge in [-0.2, -0.15) is 0 Å². The molecule has 1 aromatic carbocycles. The zero-order chi connectivity index (χ0) is 17.7. The maximum atomic E-state index is 5.37. The van der Waals surface area contributed by atoms with Gasteiger partial charge in [0.2, 0.25) is 0 Å². The van der Waals surface area contributed by atoms with E-state index in [9.17, 15) is 0 Å². The second-order valence-corrected chi connectivity index (χ2v) is 6.13. The molecule has 1 N–H and O–H groups in total. The van der Waals surface area contributed by atoms with Crippen molar-refractivity contribution >= 4 is 12.0 Å². The second-order valence-electron chi connectivity index (χ2n) is 6.13. The van der Waals surface area contributed by atoms with Crippen molar-refractivity contribution in [2.24, 2.45) is 4.99 Å². The maximum absolute atomic E-state index is 5.37. The van der Waals surface area contributed by atoms with Crippen LogP contribution in [-0.2, 0) is 4.74 Å². The van der Waals surface area contributed by atoms with Crippen molar-refractivity contribution in [3.8, 4) is 0 Å². The highest BCUT2D eigenvalue weighted by molar-refractivity contribution is 5.79. The average molecular weight is 345 g/mol. The van der Waals surface area contributed by atoms with Crippen molar-refractivity contribution in [3.63, 3.8) is 0 Å². The van der Waals surface area contributed by atoms with Gasteiger partial charge in [-0.1, -0.05) is 42.5 Å². The number of rotatable bonds is 8. The summed E-state index contributed by atoms with van der Waals surface area (Å²) in [5.41, 5.74) is 1.26. The Labute approximate surface area is 152 Å². The lowest BCUT2D eigenvalue weighted by Gasteiger charge is -2.36.